The van der Waals surface area contributed by atoms with Gasteiger partial charge in [-0.25, -0.2) is 0 Å². The second-order valence-corrected chi connectivity index (χ2v) is 4.59. The summed E-state index contributed by atoms with van der Waals surface area (Å²) in [6.07, 6.45) is 0. The standard InChI is InChI=1S/C12H18N5O/c1-9-4-5-11-10(8-9)14-12(15-17(11)18)13-6-7-16(2)3/h4-5,8H,6-7H2,1-3H3,(H2,13,14,15)/q-1. The maximum atomic E-state index is 11.8. The van der Waals surface area contributed by atoms with Crippen LogP contribution in [-0.4, -0.2) is 38.0 Å². The number of nitrogens with one attached hydrogen (secondary N) is 2. The smallest absolute Gasteiger partial charge is 0.214 e. The Kier molecular flexibility index (Phi) is 3.69. The number of aliphatic imine (C=N–C) groups is 1. The van der Waals surface area contributed by atoms with Crippen molar-refractivity contribution < 1.29 is 0 Å². The second kappa shape index (κ2) is 5.24. The average molecular weight is 248 g/mol. The molecule has 1 heterocycles. The van der Waals surface area contributed by atoms with E-state index in [1.165, 1.54) is 0 Å². The molecule has 1 aromatic carbocycles. The van der Waals surface area contributed by atoms with Crippen LogP contribution in [0.1, 0.15) is 5.56 Å². The quantitative estimate of drug-likeness (QED) is 0.840. The highest BCUT2D eigenvalue weighted by Crippen LogP contribution is 2.27. The fourth-order valence-corrected chi connectivity index (χ4v) is 1.68. The van der Waals surface area contributed by atoms with Gasteiger partial charge >= 0.3 is 0 Å². The molecule has 0 aliphatic carbocycles. The summed E-state index contributed by atoms with van der Waals surface area (Å²) in [5.74, 6) is 0.491. The van der Waals surface area contributed by atoms with E-state index in [1.54, 1.807) is 6.07 Å². The minimum Gasteiger partial charge on any atom is -0.739 e. The van der Waals surface area contributed by atoms with Crippen LogP contribution in [0.2, 0.25) is 0 Å². The molecule has 0 atom stereocenters. The van der Waals surface area contributed by atoms with Gasteiger partial charge in [0.15, 0.2) is 0 Å². The molecule has 0 fully saturated rings. The van der Waals surface area contributed by atoms with Crippen molar-refractivity contribution in [2.45, 2.75) is 6.92 Å². The van der Waals surface area contributed by atoms with E-state index < -0.39 is 0 Å². The van der Waals surface area contributed by atoms with Gasteiger partial charge in [0.25, 0.3) is 0 Å². The van der Waals surface area contributed by atoms with Crippen molar-refractivity contribution in [1.29, 1.82) is 0 Å². The molecular weight excluding hydrogens is 230 g/mol. The minimum atomic E-state index is 0.491. The van der Waals surface area contributed by atoms with E-state index in [9.17, 15) is 5.21 Å². The molecule has 1 aromatic rings. The summed E-state index contributed by atoms with van der Waals surface area (Å²) in [6.45, 7) is 3.46. The van der Waals surface area contributed by atoms with Crippen LogP contribution in [0.15, 0.2) is 23.2 Å². The monoisotopic (exact) mass is 248 g/mol. The molecule has 0 spiro atoms. The molecule has 2 rings (SSSR count). The number of benzene rings is 1. The van der Waals surface area contributed by atoms with E-state index in [0.717, 1.165) is 23.0 Å². The SMILES string of the molecule is Cc1ccc2c(c1)NC(=NCCN(C)C)NN2[O-]. The molecule has 1 aliphatic heterocycles. The Morgan fingerprint density at radius 1 is 1.39 bits per heavy atom. The van der Waals surface area contributed by atoms with Crippen molar-refractivity contribution in [2.24, 2.45) is 4.99 Å². The Morgan fingerprint density at radius 3 is 2.89 bits per heavy atom. The number of aryl methyl sites for hydroxylation is 1. The third-order valence-corrected chi connectivity index (χ3v) is 2.65. The Morgan fingerprint density at radius 2 is 2.17 bits per heavy atom. The molecule has 0 saturated carbocycles. The number of hydrogen-bond acceptors (Lipinski definition) is 4. The molecule has 0 saturated heterocycles. The summed E-state index contributed by atoms with van der Waals surface area (Å²) in [5, 5.41) is 15.6. The summed E-state index contributed by atoms with van der Waals surface area (Å²) in [7, 11) is 3.97. The highest BCUT2D eigenvalue weighted by molar-refractivity contribution is 6.01. The van der Waals surface area contributed by atoms with Crippen molar-refractivity contribution in [3.63, 3.8) is 0 Å². The van der Waals surface area contributed by atoms with Gasteiger partial charge in [-0.15, -0.1) is 0 Å². The highest BCUT2D eigenvalue weighted by Gasteiger charge is 2.13. The maximum absolute atomic E-state index is 11.8. The number of anilines is 2. The van der Waals surface area contributed by atoms with E-state index in [1.807, 2.05) is 38.1 Å². The molecule has 18 heavy (non-hydrogen) atoms. The Hall–Kier alpha value is -1.79. The summed E-state index contributed by atoms with van der Waals surface area (Å²) in [4.78, 5) is 6.36. The predicted octanol–water partition coefficient (Wildman–Crippen LogP) is 1.15. The van der Waals surface area contributed by atoms with Crippen molar-refractivity contribution in [2.75, 3.05) is 37.7 Å². The largest absolute Gasteiger partial charge is 0.739 e. The molecular formula is C12H18N5O-. The van der Waals surface area contributed by atoms with Gasteiger partial charge in [0, 0.05) is 6.54 Å². The topological polar surface area (TPSA) is 66.0 Å². The summed E-state index contributed by atoms with van der Waals surface area (Å²) < 4.78 is 0. The van der Waals surface area contributed by atoms with Crippen LogP contribution in [0.5, 0.6) is 0 Å². The molecule has 0 unspecified atom stereocenters. The molecule has 0 amide bonds. The lowest BCUT2D eigenvalue weighted by Crippen LogP contribution is -2.46. The fourth-order valence-electron chi connectivity index (χ4n) is 1.68. The molecule has 0 radical (unpaired) electrons. The van der Waals surface area contributed by atoms with Gasteiger partial charge in [-0.3, -0.25) is 10.4 Å². The number of likely N-dealkylation sites (N-methyl/N-ethyl adjacent to an activating group) is 1. The van der Waals surface area contributed by atoms with Crippen LogP contribution in [0.25, 0.3) is 0 Å². The first kappa shape index (κ1) is 12.7. The summed E-state index contributed by atoms with van der Waals surface area (Å²) in [6, 6.07) is 5.62. The van der Waals surface area contributed by atoms with E-state index in [0.29, 0.717) is 18.2 Å². The van der Waals surface area contributed by atoms with Gasteiger partial charge in [-0.2, -0.15) is 0 Å². The third kappa shape index (κ3) is 2.91. The Balaban J connectivity index is 2.11. The van der Waals surface area contributed by atoms with E-state index >= 15 is 0 Å². The molecule has 1 aliphatic rings. The van der Waals surface area contributed by atoms with Crippen LogP contribution < -0.4 is 15.9 Å². The normalized spacial score (nSPS) is 16.5. The molecule has 98 valence electrons. The fraction of sp³-hybridized carbons (Fsp3) is 0.417. The molecule has 6 nitrogen and oxygen atoms in total. The van der Waals surface area contributed by atoms with Gasteiger partial charge in [-0.1, -0.05) is 6.07 Å². The number of hydrazine groups is 1. The van der Waals surface area contributed by atoms with Crippen molar-refractivity contribution in [1.82, 2.24) is 10.3 Å². The summed E-state index contributed by atoms with van der Waals surface area (Å²) in [5.41, 5.74) is 5.13. The van der Waals surface area contributed by atoms with E-state index in [2.05, 4.69) is 15.7 Å². The number of fused-ring (bicyclic) bond motifs is 1. The van der Waals surface area contributed by atoms with Crippen LogP contribution in [0.3, 0.4) is 0 Å². The zero-order valence-corrected chi connectivity index (χ0v) is 10.9. The molecule has 2 N–H and O–H groups in total. The lowest BCUT2D eigenvalue weighted by atomic mass is 10.2. The molecule has 6 heteroatoms. The van der Waals surface area contributed by atoms with Gasteiger partial charge in [0.05, 0.1) is 17.9 Å². The number of guanidine groups is 1. The summed E-state index contributed by atoms with van der Waals surface area (Å²) >= 11 is 0. The highest BCUT2D eigenvalue weighted by atomic mass is 16.5. The first-order chi connectivity index (χ1) is 8.56. The van der Waals surface area contributed by atoms with Crippen LogP contribution in [0.4, 0.5) is 11.4 Å². The van der Waals surface area contributed by atoms with Gasteiger partial charge in [0.1, 0.15) is 0 Å². The van der Waals surface area contributed by atoms with E-state index in [4.69, 9.17) is 0 Å². The number of nitrogens with zero attached hydrogens (tertiary/aromatic N) is 3. The Bertz CT molecular complexity index is 458. The van der Waals surface area contributed by atoms with Crippen molar-refractivity contribution in [3.8, 4) is 0 Å². The third-order valence-electron chi connectivity index (χ3n) is 2.65. The first-order valence-electron chi connectivity index (χ1n) is 5.87. The van der Waals surface area contributed by atoms with E-state index in [-0.39, 0.29) is 0 Å². The second-order valence-electron chi connectivity index (χ2n) is 4.59. The molecule has 0 bridgehead atoms. The lowest BCUT2D eigenvalue weighted by molar-refractivity contribution is 0.420. The van der Waals surface area contributed by atoms with Crippen molar-refractivity contribution >= 4 is 17.3 Å². The predicted molar refractivity (Wildman–Crippen MR) is 74.6 cm³/mol. The lowest BCUT2D eigenvalue weighted by Gasteiger charge is -2.38. The van der Waals surface area contributed by atoms with Gasteiger partial charge < -0.3 is 20.6 Å². The Labute approximate surface area is 107 Å². The maximum Gasteiger partial charge on any atom is 0.214 e. The average Bonchev–Trinajstić information content (AvgIpc) is 2.27. The zero-order valence-electron chi connectivity index (χ0n) is 10.9. The number of hydrogen-bond donors (Lipinski definition) is 2. The van der Waals surface area contributed by atoms with Crippen LogP contribution in [0, 0.1) is 12.1 Å². The first-order valence-corrected chi connectivity index (χ1v) is 5.87. The van der Waals surface area contributed by atoms with Crippen molar-refractivity contribution in [3.05, 3.63) is 29.0 Å². The minimum absolute atomic E-state index is 0.491. The van der Waals surface area contributed by atoms with Crippen LogP contribution >= 0.6 is 0 Å². The number of rotatable bonds is 3. The molecule has 0 aromatic heterocycles. The van der Waals surface area contributed by atoms with Crippen LogP contribution in [-0.2, 0) is 0 Å². The van der Waals surface area contributed by atoms with Gasteiger partial charge in [-0.05, 0) is 38.7 Å². The van der Waals surface area contributed by atoms with Gasteiger partial charge in [0.2, 0.25) is 5.96 Å². The zero-order chi connectivity index (χ0) is 13.1.